The summed E-state index contributed by atoms with van der Waals surface area (Å²) in [5, 5.41) is 11.2. The molecule has 0 aliphatic carbocycles. The van der Waals surface area contributed by atoms with Gasteiger partial charge >= 0.3 is 0 Å². The molecule has 1 aliphatic heterocycles. The van der Waals surface area contributed by atoms with Gasteiger partial charge in [-0.1, -0.05) is 11.6 Å². The molecule has 1 fully saturated rings. The van der Waals surface area contributed by atoms with Gasteiger partial charge in [-0.3, -0.25) is 10.1 Å². The standard InChI is InChI=1S/C10H11ClN2O3S/c11-9-2-1-8(13(14)15)7-10(9)17-12-3-5-16-6-4-12/h1-2,7H,3-6H2. The third-order valence-corrected chi connectivity index (χ3v) is 3.92. The number of non-ortho nitro benzene ring substituents is 1. The molecule has 92 valence electrons. The quantitative estimate of drug-likeness (QED) is 0.482. The molecule has 1 saturated heterocycles. The predicted molar refractivity (Wildman–Crippen MR) is 66.4 cm³/mol. The first kappa shape index (κ1) is 12.6. The van der Waals surface area contributed by atoms with Gasteiger partial charge in [0.1, 0.15) is 0 Å². The zero-order valence-electron chi connectivity index (χ0n) is 8.97. The van der Waals surface area contributed by atoms with Crippen molar-refractivity contribution in [3.8, 4) is 0 Å². The van der Waals surface area contributed by atoms with Gasteiger partial charge in [0.2, 0.25) is 0 Å². The maximum Gasteiger partial charge on any atom is 0.270 e. The van der Waals surface area contributed by atoms with E-state index in [9.17, 15) is 10.1 Å². The highest BCUT2D eigenvalue weighted by atomic mass is 35.5. The minimum absolute atomic E-state index is 0.0603. The van der Waals surface area contributed by atoms with E-state index in [0.29, 0.717) is 23.1 Å². The van der Waals surface area contributed by atoms with Crippen LogP contribution in [-0.2, 0) is 4.74 Å². The number of ether oxygens (including phenoxy) is 1. The van der Waals surface area contributed by atoms with Crippen LogP contribution in [0.4, 0.5) is 5.69 Å². The Morgan fingerprint density at radius 2 is 2.12 bits per heavy atom. The number of halogens is 1. The second-order valence-electron chi connectivity index (χ2n) is 3.50. The van der Waals surface area contributed by atoms with Gasteiger partial charge in [-0.05, 0) is 18.0 Å². The lowest BCUT2D eigenvalue weighted by Crippen LogP contribution is -2.30. The molecular formula is C10H11ClN2O3S. The largest absolute Gasteiger partial charge is 0.379 e. The Labute approximate surface area is 108 Å². The summed E-state index contributed by atoms with van der Waals surface area (Å²) in [6.07, 6.45) is 0. The highest BCUT2D eigenvalue weighted by molar-refractivity contribution is 7.97. The first-order chi connectivity index (χ1) is 8.16. The summed E-state index contributed by atoms with van der Waals surface area (Å²) in [7, 11) is 0. The molecule has 1 aromatic carbocycles. The van der Waals surface area contributed by atoms with Crippen LogP contribution in [0.15, 0.2) is 23.1 Å². The fourth-order valence-electron chi connectivity index (χ4n) is 1.45. The number of nitro groups is 1. The molecule has 0 atom stereocenters. The van der Waals surface area contributed by atoms with Crippen LogP contribution in [0.3, 0.4) is 0 Å². The van der Waals surface area contributed by atoms with Crippen LogP contribution in [0.25, 0.3) is 0 Å². The molecule has 0 radical (unpaired) electrons. The van der Waals surface area contributed by atoms with Crippen LogP contribution in [0.2, 0.25) is 5.02 Å². The van der Waals surface area contributed by atoms with Gasteiger partial charge in [-0.25, -0.2) is 4.31 Å². The second kappa shape index (κ2) is 5.68. The van der Waals surface area contributed by atoms with Crippen LogP contribution < -0.4 is 0 Å². The molecule has 0 amide bonds. The number of morpholine rings is 1. The Balaban J connectivity index is 2.13. The third kappa shape index (κ3) is 3.32. The van der Waals surface area contributed by atoms with E-state index in [2.05, 4.69) is 4.31 Å². The van der Waals surface area contributed by atoms with E-state index in [-0.39, 0.29) is 5.69 Å². The zero-order valence-corrected chi connectivity index (χ0v) is 10.5. The topological polar surface area (TPSA) is 55.6 Å². The molecule has 0 N–H and O–H groups in total. The van der Waals surface area contributed by atoms with Crippen molar-refractivity contribution >= 4 is 29.2 Å². The summed E-state index contributed by atoms with van der Waals surface area (Å²) >= 11 is 7.46. The number of rotatable bonds is 3. The van der Waals surface area contributed by atoms with Crippen molar-refractivity contribution < 1.29 is 9.66 Å². The number of benzene rings is 1. The smallest absolute Gasteiger partial charge is 0.270 e. The number of nitrogens with zero attached hydrogens (tertiary/aromatic N) is 2. The van der Waals surface area contributed by atoms with Crippen LogP contribution in [-0.4, -0.2) is 35.5 Å². The van der Waals surface area contributed by atoms with Gasteiger partial charge in [0.05, 0.1) is 23.2 Å². The van der Waals surface area contributed by atoms with Gasteiger partial charge in [0.15, 0.2) is 0 Å². The Kier molecular flexibility index (Phi) is 4.22. The molecule has 2 rings (SSSR count). The maximum absolute atomic E-state index is 10.7. The van der Waals surface area contributed by atoms with Gasteiger partial charge in [-0.15, -0.1) is 0 Å². The molecule has 1 aliphatic rings. The summed E-state index contributed by atoms with van der Waals surface area (Å²) in [6, 6.07) is 4.47. The van der Waals surface area contributed by atoms with Crippen molar-refractivity contribution in [3.05, 3.63) is 33.3 Å². The van der Waals surface area contributed by atoms with E-state index in [1.54, 1.807) is 6.07 Å². The number of hydrogen-bond donors (Lipinski definition) is 0. The first-order valence-electron chi connectivity index (χ1n) is 5.11. The molecule has 0 bridgehead atoms. The van der Waals surface area contributed by atoms with Crippen LogP contribution in [0.1, 0.15) is 0 Å². The van der Waals surface area contributed by atoms with E-state index in [0.717, 1.165) is 13.1 Å². The molecule has 0 aromatic heterocycles. The highest BCUT2D eigenvalue weighted by Crippen LogP contribution is 2.33. The fraction of sp³-hybridized carbons (Fsp3) is 0.400. The van der Waals surface area contributed by atoms with Crippen LogP contribution >= 0.6 is 23.5 Å². The van der Waals surface area contributed by atoms with E-state index in [1.165, 1.54) is 24.1 Å². The molecule has 0 unspecified atom stereocenters. The van der Waals surface area contributed by atoms with E-state index >= 15 is 0 Å². The van der Waals surface area contributed by atoms with Crippen molar-refractivity contribution in [1.82, 2.24) is 4.31 Å². The van der Waals surface area contributed by atoms with Gasteiger partial charge in [0, 0.05) is 30.1 Å². The molecule has 5 nitrogen and oxygen atoms in total. The van der Waals surface area contributed by atoms with Crippen molar-refractivity contribution in [2.75, 3.05) is 26.3 Å². The Hall–Kier alpha value is -0.820. The first-order valence-corrected chi connectivity index (χ1v) is 6.26. The van der Waals surface area contributed by atoms with E-state index in [1.807, 2.05) is 0 Å². The fourth-order valence-corrected chi connectivity index (χ4v) is 2.61. The van der Waals surface area contributed by atoms with E-state index < -0.39 is 4.92 Å². The average Bonchev–Trinajstić information content (AvgIpc) is 2.33. The minimum atomic E-state index is -0.417. The minimum Gasteiger partial charge on any atom is -0.379 e. The zero-order chi connectivity index (χ0) is 12.3. The van der Waals surface area contributed by atoms with Gasteiger partial charge in [-0.2, -0.15) is 0 Å². The summed E-state index contributed by atoms with van der Waals surface area (Å²) < 4.78 is 7.33. The van der Waals surface area contributed by atoms with Gasteiger partial charge in [0.25, 0.3) is 5.69 Å². The molecule has 1 heterocycles. The Bertz CT molecular complexity index is 424. The molecular weight excluding hydrogens is 264 g/mol. The molecule has 1 aromatic rings. The van der Waals surface area contributed by atoms with Crippen molar-refractivity contribution in [2.24, 2.45) is 0 Å². The molecule has 17 heavy (non-hydrogen) atoms. The Morgan fingerprint density at radius 3 is 2.76 bits per heavy atom. The lowest BCUT2D eigenvalue weighted by molar-refractivity contribution is -0.385. The molecule has 7 heteroatoms. The molecule has 0 saturated carbocycles. The average molecular weight is 275 g/mol. The summed E-state index contributed by atoms with van der Waals surface area (Å²) in [5.41, 5.74) is 0.0603. The Morgan fingerprint density at radius 1 is 1.41 bits per heavy atom. The highest BCUT2D eigenvalue weighted by Gasteiger charge is 2.16. The summed E-state index contributed by atoms with van der Waals surface area (Å²) in [4.78, 5) is 11.0. The second-order valence-corrected chi connectivity index (χ2v) is 5.05. The van der Waals surface area contributed by atoms with E-state index in [4.69, 9.17) is 16.3 Å². The molecule has 0 spiro atoms. The lowest BCUT2D eigenvalue weighted by Gasteiger charge is -2.25. The van der Waals surface area contributed by atoms with Crippen LogP contribution in [0.5, 0.6) is 0 Å². The lowest BCUT2D eigenvalue weighted by atomic mass is 10.3. The van der Waals surface area contributed by atoms with Crippen molar-refractivity contribution in [2.45, 2.75) is 4.90 Å². The van der Waals surface area contributed by atoms with Crippen molar-refractivity contribution in [1.29, 1.82) is 0 Å². The summed E-state index contributed by atoms with van der Waals surface area (Å²) in [6.45, 7) is 2.95. The third-order valence-electron chi connectivity index (χ3n) is 2.32. The van der Waals surface area contributed by atoms with Crippen LogP contribution in [0, 0.1) is 10.1 Å². The SMILES string of the molecule is O=[N+]([O-])c1ccc(Cl)c(SN2CCOCC2)c1. The van der Waals surface area contributed by atoms with Crippen molar-refractivity contribution in [3.63, 3.8) is 0 Å². The number of nitro benzene ring substituents is 1. The monoisotopic (exact) mass is 274 g/mol. The predicted octanol–water partition coefficient (Wildman–Crippen LogP) is 2.59. The van der Waals surface area contributed by atoms with Gasteiger partial charge < -0.3 is 4.74 Å². The normalized spacial score (nSPS) is 17.0. The maximum atomic E-state index is 10.7. The number of hydrogen-bond acceptors (Lipinski definition) is 5. The summed E-state index contributed by atoms with van der Waals surface area (Å²) in [5.74, 6) is 0.